The van der Waals surface area contributed by atoms with Gasteiger partial charge in [0.25, 0.3) is 0 Å². The molecule has 0 N–H and O–H groups in total. The molecule has 19 heavy (non-hydrogen) atoms. The van der Waals surface area contributed by atoms with Crippen LogP contribution >= 0.6 is 0 Å². The van der Waals surface area contributed by atoms with E-state index < -0.39 is 0 Å². The van der Waals surface area contributed by atoms with Crippen molar-refractivity contribution in [2.75, 3.05) is 7.11 Å². The molecular formula is C16H20N2O. The predicted molar refractivity (Wildman–Crippen MR) is 75.6 cm³/mol. The second-order valence-corrected chi connectivity index (χ2v) is 5.25. The van der Waals surface area contributed by atoms with Crippen LogP contribution < -0.4 is 0 Å². The van der Waals surface area contributed by atoms with Crippen LogP contribution in [0.1, 0.15) is 37.2 Å². The number of benzene rings is 1. The van der Waals surface area contributed by atoms with E-state index in [9.17, 15) is 0 Å². The van der Waals surface area contributed by atoms with Gasteiger partial charge in [-0.1, -0.05) is 12.1 Å². The Bertz CT molecular complexity index is 496. The molecule has 1 aromatic carbocycles. The molecule has 0 bridgehead atoms. The van der Waals surface area contributed by atoms with E-state index in [2.05, 4.69) is 29.4 Å². The summed E-state index contributed by atoms with van der Waals surface area (Å²) in [5.74, 6) is 0.693. The topological polar surface area (TPSA) is 27.1 Å². The third-order valence-electron chi connectivity index (χ3n) is 4.14. The maximum atomic E-state index is 5.43. The number of methoxy groups -OCH3 is 1. The number of ether oxygens (including phenoxy) is 1. The maximum absolute atomic E-state index is 5.43. The number of nitrogens with zero attached hydrogens (tertiary/aromatic N) is 2. The number of rotatable bonds is 3. The van der Waals surface area contributed by atoms with Crippen molar-refractivity contribution in [3.63, 3.8) is 0 Å². The van der Waals surface area contributed by atoms with E-state index in [0.29, 0.717) is 12.0 Å². The summed E-state index contributed by atoms with van der Waals surface area (Å²) in [4.78, 5) is 0. The van der Waals surface area contributed by atoms with Gasteiger partial charge in [0.05, 0.1) is 11.8 Å². The minimum atomic E-state index is 0.472. The first-order valence-electron chi connectivity index (χ1n) is 6.99. The van der Waals surface area contributed by atoms with Crippen molar-refractivity contribution in [3.05, 3.63) is 48.3 Å². The largest absolute Gasteiger partial charge is 0.381 e. The first kappa shape index (κ1) is 12.4. The lowest BCUT2D eigenvalue weighted by Crippen LogP contribution is -2.19. The molecule has 0 amide bonds. The first-order chi connectivity index (χ1) is 9.36. The van der Waals surface area contributed by atoms with Crippen molar-refractivity contribution in [2.45, 2.75) is 37.7 Å². The molecule has 100 valence electrons. The summed E-state index contributed by atoms with van der Waals surface area (Å²) < 4.78 is 7.33. The van der Waals surface area contributed by atoms with Crippen LogP contribution in [0.5, 0.6) is 0 Å². The molecule has 0 atom stereocenters. The highest BCUT2D eigenvalue weighted by molar-refractivity contribution is 5.35. The Morgan fingerprint density at radius 3 is 2.42 bits per heavy atom. The summed E-state index contributed by atoms with van der Waals surface area (Å²) in [5.41, 5.74) is 2.57. The SMILES string of the molecule is COC1CCC(c2ccc(-n3cccn3)cc2)CC1. The lowest BCUT2D eigenvalue weighted by Gasteiger charge is -2.27. The fourth-order valence-corrected chi connectivity index (χ4v) is 2.95. The van der Waals surface area contributed by atoms with Crippen LogP contribution in [0.25, 0.3) is 5.69 Å². The standard InChI is InChI=1S/C16H20N2O/c1-19-16-9-5-14(6-10-16)13-3-7-15(8-4-13)18-12-2-11-17-18/h2-4,7-8,11-12,14,16H,5-6,9-10H2,1H3. The summed E-state index contributed by atoms with van der Waals surface area (Å²) in [6.45, 7) is 0. The second kappa shape index (κ2) is 5.57. The van der Waals surface area contributed by atoms with Crippen molar-refractivity contribution < 1.29 is 4.74 Å². The molecule has 2 aromatic rings. The molecule has 3 heteroatoms. The van der Waals surface area contributed by atoms with E-state index in [-0.39, 0.29) is 0 Å². The molecule has 0 saturated heterocycles. The number of hydrogen-bond donors (Lipinski definition) is 0. The Morgan fingerprint density at radius 2 is 1.84 bits per heavy atom. The van der Waals surface area contributed by atoms with Crippen molar-refractivity contribution >= 4 is 0 Å². The van der Waals surface area contributed by atoms with Gasteiger partial charge in [-0.2, -0.15) is 5.10 Å². The quantitative estimate of drug-likeness (QED) is 0.839. The van der Waals surface area contributed by atoms with Gasteiger partial charge in [-0.15, -0.1) is 0 Å². The Kier molecular flexibility index (Phi) is 3.65. The fourth-order valence-electron chi connectivity index (χ4n) is 2.95. The minimum Gasteiger partial charge on any atom is -0.381 e. The van der Waals surface area contributed by atoms with Crippen molar-refractivity contribution in [3.8, 4) is 5.69 Å². The van der Waals surface area contributed by atoms with Crippen LogP contribution in [0.3, 0.4) is 0 Å². The van der Waals surface area contributed by atoms with Gasteiger partial charge < -0.3 is 4.74 Å². The Morgan fingerprint density at radius 1 is 1.11 bits per heavy atom. The highest BCUT2D eigenvalue weighted by atomic mass is 16.5. The van der Waals surface area contributed by atoms with E-state index in [1.165, 1.54) is 31.2 Å². The van der Waals surface area contributed by atoms with Crippen molar-refractivity contribution in [1.29, 1.82) is 0 Å². The van der Waals surface area contributed by atoms with Crippen LogP contribution in [0.4, 0.5) is 0 Å². The third kappa shape index (κ3) is 2.71. The Labute approximate surface area is 114 Å². The zero-order chi connectivity index (χ0) is 13.1. The van der Waals surface area contributed by atoms with E-state index in [0.717, 1.165) is 5.69 Å². The van der Waals surface area contributed by atoms with Crippen LogP contribution in [0.15, 0.2) is 42.7 Å². The van der Waals surface area contributed by atoms with Crippen molar-refractivity contribution in [2.24, 2.45) is 0 Å². The molecule has 1 heterocycles. The van der Waals surface area contributed by atoms with E-state index in [4.69, 9.17) is 4.74 Å². The van der Waals surface area contributed by atoms with Crippen molar-refractivity contribution in [1.82, 2.24) is 9.78 Å². The fraction of sp³-hybridized carbons (Fsp3) is 0.438. The average Bonchev–Trinajstić information content (AvgIpc) is 3.02. The van der Waals surface area contributed by atoms with Gasteiger partial charge in [-0.3, -0.25) is 0 Å². The molecule has 0 radical (unpaired) electrons. The van der Waals surface area contributed by atoms with Gasteiger partial charge in [0.1, 0.15) is 0 Å². The van der Waals surface area contributed by atoms with Crippen LogP contribution in [-0.2, 0) is 4.74 Å². The van der Waals surface area contributed by atoms with E-state index >= 15 is 0 Å². The molecule has 3 rings (SSSR count). The molecule has 1 aromatic heterocycles. The molecular weight excluding hydrogens is 236 g/mol. The first-order valence-corrected chi connectivity index (χ1v) is 6.99. The Hall–Kier alpha value is -1.61. The lowest BCUT2D eigenvalue weighted by molar-refractivity contribution is 0.0659. The van der Waals surface area contributed by atoms with Gasteiger partial charge >= 0.3 is 0 Å². The predicted octanol–water partition coefficient (Wildman–Crippen LogP) is 3.54. The summed E-state index contributed by atoms with van der Waals surface area (Å²) in [5, 5.41) is 4.25. The lowest BCUT2D eigenvalue weighted by atomic mass is 9.83. The molecule has 1 aliphatic carbocycles. The zero-order valence-electron chi connectivity index (χ0n) is 11.3. The van der Waals surface area contributed by atoms with Gasteiger partial charge in [0.2, 0.25) is 0 Å². The molecule has 1 saturated carbocycles. The third-order valence-corrected chi connectivity index (χ3v) is 4.14. The van der Waals surface area contributed by atoms with E-state index in [1.807, 2.05) is 24.1 Å². The molecule has 0 unspecified atom stereocenters. The second-order valence-electron chi connectivity index (χ2n) is 5.25. The van der Waals surface area contributed by atoms with Crippen LogP contribution in [-0.4, -0.2) is 23.0 Å². The normalized spacial score (nSPS) is 23.4. The number of hydrogen-bond acceptors (Lipinski definition) is 2. The average molecular weight is 256 g/mol. The smallest absolute Gasteiger partial charge is 0.0645 e. The summed E-state index contributed by atoms with van der Waals surface area (Å²) in [7, 11) is 1.82. The molecule has 1 aliphatic rings. The Balaban J connectivity index is 1.70. The molecule has 0 aliphatic heterocycles. The highest BCUT2D eigenvalue weighted by Gasteiger charge is 2.21. The van der Waals surface area contributed by atoms with Gasteiger partial charge in [0.15, 0.2) is 0 Å². The number of aromatic nitrogens is 2. The molecule has 0 spiro atoms. The minimum absolute atomic E-state index is 0.472. The summed E-state index contributed by atoms with van der Waals surface area (Å²) >= 11 is 0. The van der Waals surface area contributed by atoms with Crippen LogP contribution in [0, 0.1) is 0 Å². The van der Waals surface area contributed by atoms with Gasteiger partial charge in [-0.25, -0.2) is 4.68 Å². The summed E-state index contributed by atoms with van der Waals surface area (Å²) in [6, 6.07) is 10.7. The highest BCUT2D eigenvalue weighted by Crippen LogP contribution is 2.33. The monoisotopic (exact) mass is 256 g/mol. The molecule has 3 nitrogen and oxygen atoms in total. The van der Waals surface area contributed by atoms with Gasteiger partial charge in [0, 0.05) is 19.5 Å². The van der Waals surface area contributed by atoms with Gasteiger partial charge in [-0.05, 0) is 55.4 Å². The van der Waals surface area contributed by atoms with E-state index in [1.54, 1.807) is 6.20 Å². The zero-order valence-corrected chi connectivity index (χ0v) is 11.3. The summed E-state index contributed by atoms with van der Waals surface area (Å²) in [6.07, 6.45) is 9.09. The molecule has 1 fully saturated rings. The maximum Gasteiger partial charge on any atom is 0.0645 e. The van der Waals surface area contributed by atoms with Crippen LogP contribution in [0.2, 0.25) is 0 Å².